The smallest absolute Gasteiger partial charge is 0.249 e. The first-order chi connectivity index (χ1) is 27.7. The van der Waals surface area contributed by atoms with Gasteiger partial charge in [-0.05, 0) is 93.7 Å². The molecule has 298 valence electrons. The summed E-state index contributed by atoms with van der Waals surface area (Å²) < 4.78 is 0. The van der Waals surface area contributed by atoms with E-state index in [-0.39, 0.29) is 29.0 Å². The van der Waals surface area contributed by atoms with Crippen LogP contribution in [0.25, 0.3) is 11.3 Å². The molecule has 0 radical (unpaired) electrons. The van der Waals surface area contributed by atoms with E-state index in [9.17, 15) is 19.5 Å². The number of phenols is 1. The van der Waals surface area contributed by atoms with E-state index in [0.29, 0.717) is 55.9 Å². The summed E-state index contributed by atoms with van der Waals surface area (Å²) in [5.41, 5.74) is 3.13. The van der Waals surface area contributed by atoms with Gasteiger partial charge in [0.1, 0.15) is 17.6 Å². The number of hydrogen-bond acceptors (Lipinski definition) is 11. The van der Waals surface area contributed by atoms with Crippen molar-refractivity contribution in [3.8, 4) is 17.0 Å². The molecule has 4 N–H and O–H groups in total. The molecule has 13 nitrogen and oxygen atoms in total. The van der Waals surface area contributed by atoms with Crippen LogP contribution >= 0.6 is 0 Å². The lowest BCUT2D eigenvalue weighted by molar-refractivity contribution is -0.134. The Balaban J connectivity index is 0.828. The van der Waals surface area contributed by atoms with E-state index in [0.717, 1.165) is 81.2 Å². The topological polar surface area (TPSA) is 156 Å². The molecule has 4 saturated heterocycles. The summed E-state index contributed by atoms with van der Waals surface area (Å²) in [6.07, 6.45) is 9.74. The molecule has 0 spiro atoms. The Morgan fingerprint density at radius 2 is 1.60 bits per heavy atom. The third-order valence-corrected chi connectivity index (χ3v) is 12.7. The largest absolute Gasteiger partial charge is 0.507 e. The van der Waals surface area contributed by atoms with Crippen LogP contribution in [0.3, 0.4) is 0 Å². The van der Waals surface area contributed by atoms with Gasteiger partial charge in [-0.15, -0.1) is 0 Å². The monoisotopic (exact) mass is 771 g/mol. The Kier molecular flexibility index (Phi) is 11.1. The fourth-order valence-corrected chi connectivity index (χ4v) is 9.05. The number of likely N-dealkylation sites (tertiary alicyclic amines) is 1. The van der Waals surface area contributed by atoms with E-state index >= 15 is 0 Å². The highest BCUT2D eigenvalue weighted by Gasteiger charge is 2.46. The summed E-state index contributed by atoms with van der Waals surface area (Å²) in [7, 11) is 0. The van der Waals surface area contributed by atoms with Crippen molar-refractivity contribution in [3.63, 3.8) is 0 Å². The van der Waals surface area contributed by atoms with E-state index < -0.39 is 11.5 Å². The van der Waals surface area contributed by atoms with Gasteiger partial charge in [0.2, 0.25) is 17.7 Å². The Bertz CT molecular complexity index is 2040. The summed E-state index contributed by atoms with van der Waals surface area (Å²) in [5, 5.41) is 28.1. The van der Waals surface area contributed by atoms with Gasteiger partial charge in [0.25, 0.3) is 0 Å². The van der Waals surface area contributed by atoms with Crippen LogP contribution in [0.1, 0.15) is 63.9 Å². The van der Waals surface area contributed by atoms with Crippen molar-refractivity contribution in [2.24, 2.45) is 5.92 Å². The van der Waals surface area contributed by atoms with Gasteiger partial charge in [-0.1, -0.05) is 42.5 Å². The van der Waals surface area contributed by atoms with Crippen LogP contribution in [-0.4, -0.2) is 100 Å². The fourth-order valence-electron chi connectivity index (χ4n) is 9.05. The van der Waals surface area contributed by atoms with Crippen LogP contribution in [0.5, 0.6) is 5.75 Å². The van der Waals surface area contributed by atoms with Crippen molar-refractivity contribution in [2.45, 2.75) is 75.3 Å². The number of benzene rings is 2. The highest BCUT2D eigenvalue weighted by atomic mass is 16.3. The first-order valence-corrected chi connectivity index (χ1v) is 20.4. The van der Waals surface area contributed by atoms with Crippen LogP contribution in [0.15, 0.2) is 85.2 Å². The standard InChI is InChI=1S/C44H53N9O4/c1-43(17-23-51(24-18-43)30-31-15-21-53(22-16-31)39-13-11-33(28-45-39)47-36-12-14-40(55)48-41(36)56)49-42(57)44(32-7-3-2-4-8-32)19-25-52(26-20-44)34-27-37(50-46-29-34)35-9-5-6-10-38(35)54/h2-11,13,27-29,31,36,47,54H,12,14-26,30H2,1H3,(H,49,57)(H,48,55,56)/t36-/m1/s1. The Morgan fingerprint density at radius 1 is 0.860 bits per heavy atom. The second-order valence-corrected chi connectivity index (χ2v) is 16.6. The van der Waals surface area contributed by atoms with E-state index in [1.54, 1.807) is 24.5 Å². The number of aromatic nitrogens is 3. The molecule has 13 heteroatoms. The molecule has 2 aromatic carbocycles. The summed E-state index contributed by atoms with van der Waals surface area (Å²) in [4.78, 5) is 50.0. The van der Waals surface area contributed by atoms with E-state index in [1.165, 1.54) is 0 Å². The first-order valence-electron chi connectivity index (χ1n) is 20.4. The van der Waals surface area contributed by atoms with Crippen molar-refractivity contribution in [2.75, 3.05) is 60.9 Å². The van der Waals surface area contributed by atoms with Crippen molar-refractivity contribution < 1.29 is 19.5 Å². The fraction of sp³-hybridized carbons (Fsp3) is 0.455. The SMILES string of the molecule is CC1(NC(=O)C2(c3ccccc3)CCN(c3cnnc(-c4ccccc4O)c3)CC2)CCN(CC2CCN(c3ccc(N[C@@H]4CCC(=O)NC4=O)cn3)CC2)CC1. The van der Waals surface area contributed by atoms with Gasteiger partial charge in [-0.3, -0.25) is 19.7 Å². The molecule has 4 fully saturated rings. The van der Waals surface area contributed by atoms with E-state index in [1.807, 2.05) is 48.5 Å². The number of phenolic OH excluding ortho intramolecular Hbond substituents is 1. The maximum atomic E-state index is 14.6. The Labute approximate surface area is 334 Å². The zero-order valence-corrected chi connectivity index (χ0v) is 32.7. The number of carbonyl (C=O) groups is 3. The minimum atomic E-state index is -0.633. The number of carbonyl (C=O) groups excluding carboxylic acids is 3. The second kappa shape index (κ2) is 16.5. The second-order valence-electron chi connectivity index (χ2n) is 16.6. The molecule has 0 saturated carbocycles. The number of pyridine rings is 1. The van der Waals surface area contributed by atoms with Crippen molar-refractivity contribution in [1.82, 2.24) is 30.7 Å². The number of para-hydroxylation sites is 1. The van der Waals surface area contributed by atoms with Gasteiger partial charge in [0.15, 0.2) is 0 Å². The number of rotatable bonds is 10. The molecule has 4 aliphatic heterocycles. The minimum Gasteiger partial charge on any atom is -0.507 e. The highest BCUT2D eigenvalue weighted by Crippen LogP contribution is 2.39. The number of amides is 3. The number of imide groups is 1. The number of nitrogens with zero attached hydrogens (tertiary/aromatic N) is 6. The highest BCUT2D eigenvalue weighted by molar-refractivity contribution is 6.01. The van der Waals surface area contributed by atoms with Crippen LogP contribution in [0.4, 0.5) is 17.2 Å². The lowest BCUT2D eigenvalue weighted by Crippen LogP contribution is -2.60. The van der Waals surface area contributed by atoms with E-state index in [4.69, 9.17) is 0 Å². The minimum absolute atomic E-state index is 0.118. The molecule has 3 amide bonds. The predicted octanol–water partition coefficient (Wildman–Crippen LogP) is 4.89. The molecular weight excluding hydrogens is 719 g/mol. The van der Waals surface area contributed by atoms with E-state index in [2.05, 4.69) is 64.9 Å². The molecule has 4 aliphatic rings. The average molecular weight is 772 g/mol. The van der Waals surface area contributed by atoms with Gasteiger partial charge in [0, 0.05) is 63.3 Å². The molecular formula is C44H53N9O4. The number of piperidine rings is 4. The third-order valence-electron chi connectivity index (χ3n) is 12.7. The van der Waals surface area contributed by atoms with Crippen molar-refractivity contribution in [1.29, 1.82) is 0 Å². The zero-order chi connectivity index (χ0) is 39.4. The van der Waals surface area contributed by atoms with Gasteiger partial charge >= 0.3 is 0 Å². The molecule has 0 bridgehead atoms. The molecule has 4 aromatic rings. The molecule has 8 rings (SSSR count). The van der Waals surface area contributed by atoms with Gasteiger partial charge in [-0.2, -0.15) is 10.2 Å². The number of nitrogens with one attached hydrogen (secondary N) is 3. The van der Waals surface area contributed by atoms with Crippen LogP contribution in [-0.2, 0) is 19.8 Å². The van der Waals surface area contributed by atoms with Crippen LogP contribution in [0, 0.1) is 5.92 Å². The van der Waals surface area contributed by atoms with Gasteiger partial charge < -0.3 is 30.4 Å². The van der Waals surface area contributed by atoms with Crippen LogP contribution < -0.4 is 25.8 Å². The number of anilines is 3. The maximum Gasteiger partial charge on any atom is 0.249 e. The summed E-state index contributed by atoms with van der Waals surface area (Å²) in [6.45, 7) is 8.50. The lowest BCUT2D eigenvalue weighted by atomic mass is 9.71. The summed E-state index contributed by atoms with van der Waals surface area (Å²) >= 11 is 0. The third kappa shape index (κ3) is 8.58. The zero-order valence-electron chi connectivity index (χ0n) is 32.7. The Morgan fingerprint density at radius 3 is 2.30 bits per heavy atom. The van der Waals surface area contributed by atoms with Gasteiger partial charge in [-0.25, -0.2) is 4.98 Å². The van der Waals surface area contributed by atoms with Crippen molar-refractivity contribution >= 4 is 34.9 Å². The van der Waals surface area contributed by atoms with Crippen LogP contribution in [0.2, 0.25) is 0 Å². The predicted molar refractivity (Wildman–Crippen MR) is 220 cm³/mol. The molecule has 1 atom stereocenters. The summed E-state index contributed by atoms with van der Waals surface area (Å²) in [6, 6.07) is 22.9. The normalized spacial score (nSPS) is 21.5. The molecule has 6 heterocycles. The van der Waals surface area contributed by atoms with Crippen molar-refractivity contribution in [3.05, 3.63) is 90.8 Å². The Hall–Kier alpha value is -5.56. The number of aromatic hydroxyl groups is 1. The summed E-state index contributed by atoms with van der Waals surface area (Å²) in [5.74, 6) is 1.34. The molecule has 57 heavy (non-hydrogen) atoms. The molecule has 2 aromatic heterocycles. The quantitative estimate of drug-likeness (QED) is 0.163. The average Bonchev–Trinajstić information content (AvgIpc) is 3.24. The molecule has 0 unspecified atom stereocenters. The van der Waals surface area contributed by atoms with Gasteiger partial charge in [0.05, 0.1) is 34.9 Å². The first kappa shape index (κ1) is 38.3. The molecule has 0 aliphatic carbocycles. The maximum absolute atomic E-state index is 14.6. The number of hydrogen-bond donors (Lipinski definition) is 4. The lowest BCUT2D eigenvalue weighted by Gasteiger charge is -2.46.